The number of benzene rings is 2. The molecule has 2 aromatic rings. The van der Waals surface area contributed by atoms with Crippen LogP contribution in [0.5, 0.6) is 11.5 Å². The summed E-state index contributed by atoms with van der Waals surface area (Å²) in [6.07, 6.45) is 0. The zero-order valence-electron chi connectivity index (χ0n) is 17.8. The van der Waals surface area contributed by atoms with Crippen LogP contribution in [0.1, 0.15) is 24.1 Å². The number of urea groups is 1. The van der Waals surface area contributed by atoms with Gasteiger partial charge in [0.15, 0.2) is 0 Å². The Bertz CT molecular complexity index is 970. The van der Waals surface area contributed by atoms with E-state index >= 15 is 0 Å². The number of phenolic OH excluding ortho intramolecular Hbond substituents is 1. The number of hydrogen-bond acceptors (Lipinski definition) is 6. The van der Waals surface area contributed by atoms with Gasteiger partial charge in [0, 0.05) is 18.4 Å². The van der Waals surface area contributed by atoms with E-state index in [-0.39, 0.29) is 18.4 Å². The molecule has 0 fully saturated rings. The molecule has 0 spiro atoms. The van der Waals surface area contributed by atoms with Crippen LogP contribution in [-0.2, 0) is 20.9 Å². The van der Waals surface area contributed by atoms with Crippen molar-refractivity contribution < 1.29 is 28.9 Å². The summed E-state index contributed by atoms with van der Waals surface area (Å²) in [5.74, 6) is 0.159. The van der Waals surface area contributed by atoms with E-state index in [0.717, 1.165) is 5.56 Å². The normalized spacial score (nSPS) is 16.2. The van der Waals surface area contributed by atoms with Gasteiger partial charge in [-0.3, -0.25) is 4.90 Å². The van der Waals surface area contributed by atoms with Crippen LogP contribution in [0.3, 0.4) is 0 Å². The van der Waals surface area contributed by atoms with Gasteiger partial charge >= 0.3 is 12.0 Å². The molecule has 2 aromatic carbocycles. The zero-order chi connectivity index (χ0) is 22.4. The summed E-state index contributed by atoms with van der Waals surface area (Å²) in [6, 6.07) is 12.6. The predicted molar refractivity (Wildman–Crippen MR) is 113 cm³/mol. The van der Waals surface area contributed by atoms with Gasteiger partial charge in [-0.25, -0.2) is 9.59 Å². The highest BCUT2D eigenvalue weighted by Gasteiger charge is 2.36. The van der Waals surface area contributed by atoms with Crippen molar-refractivity contribution in [2.24, 2.45) is 0 Å². The van der Waals surface area contributed by atoms with Gasteiger partial charge in [0.2, 0.25) is 0 Å². The lowest BCUT2D eigenvalue weighted by molar-refractivity contribution is -0.141. The largest absolute Gasteiger partial charge is 0.508 e. The Kier molecular flexibility index (Phi) is 7.15. The first-order chi connectivity index (χ1) is 15.0. The van der Waals surface area contributed by atoms with Gasteiger partial charge in [-0.2, -0.15) is 0 Å². The number of aromatic hydroxyl groups is 1. The molecule has 2 amide bonds. The topological polar surface area (TPSA) is 97.3 Å². The maximum atomic E-state index is 13.2. The lowest BCUT2D eigenvalue weighted by atomic mass is 9.95. The number of methoxy groups -OCH3 is 2. The quantitative estimate of drug-likeness (QED) is 0.630. The molecule has 3 rings (SSSR count). The third-order valence-electron chi connectivity index (χ3n) is 5.11. The van der Waals surface area contributed by atoms with Crippen molar-refractivity contribution in [3.63, 3.8) is 0 Å². The summed E-state index contributed by atoms with van der Waals surface area (Å²) >= 11 is 0. The molecule has 1 atom stereocenters. The minimum atomic E-state index is -0.711. The Morgan fingerprint density at radius 1 is 1.13 bits per heavy atom. The van der Waals surface area contributed by atoms with Gasteiger partial charge < -0.3 is 24.6 Å². The fraction of sp³-hybridized carbons (Fsp3) is 0.304. The Hall–Kier alpha value is -3.52. The third kappa shape index (κ3) is 4.97. The molecule has 0 bridgehead atoms. The number of carbonyl (C=O) groups is 2. The van der Waals surface area contributed by atoms with Crippen LogP contribution in [0.25, 0.3) is 0 Å². The van der Waals surface area contributed by atoms with Crippen molar-refractivity contribution in [3.8, 4) is 11.5 Å². The van der Waals surface area contributed by atoms with Crippen LogP contribution in [-0.4, -0.2) is 49.4 Å². The number of esters is 1. The molecule has 8 nitrogen and oxygen atoms in total. The molecular weight excluding hydrogens is 400 g/mol. The highest BCUT2D eigenvalue weighted by Crippen LogP contribution is 2.32. The van der Waals surface area contributed by atoms with Gasteiger partial charge in [-0.15, -0.1) is 0 Å². The van der Waals surface area contributed by atoms with Crippen LogP contribution in [0.2, 0.25) is 0 Å². The average molecular weight is 426 g/mol. The first-order valence-electron chi connectivity index (χ1n) is 9.82. The Labute approximate surface area is 181 Å². The minimum absolute atomic E-state index is 0.0218. The van der Waals surface area contributed by atoms with Gasteiger partial charge in [-0.1, -0.05) is 30.3 Å². The number of phenols is 1. The number of para-hydroxylation sites is 1. The number of carbonyl (C=O) groups excluding carboxylic acids is 2. The average Bonchev–Trinajstić information content (AvgIpc) is 2.77. The third-order valence-corrected chi connectivity index (χ3v) is 5.11. The molecule has 1 aliphatic rings. The lowest BCUT2D eigenvalue weighted by Crippen LogP contribution is -2.48. The second kappa shape index (κ2) is 9.99. The van der Waals surface area contributed by atoms with Crippen LogP contribution in [0.4, 0.5) is 4.79 Å². The molecule has 164 valence electrons. The van der Waals surface area contributed by atoms with Crippen molar-refractivity contribution in [3.05, 3.63) is 70.9 Å². The van der Waals surface area contributed by atoms with Crippen molar-refractivity contribution in [2.45, 2.75) is 19.6 Å². The number of amides is 2. The number of ether oxygens (including phenoxy) is 3. The molecule has 0 aliphatic carbocycles. The van der Waals surface area contributed by atoms with E-state index in [0.29, 0.717) is 35.7 Å². The van der Waals surface area contributed by atoms with Gasteiger partial charge in [0.1, 0.15) is 18.1 Å². The van der Waals surface area contributed by atoms with E-state index < -0.39 is 12.0 Å². The van der Waals surface area contributed by atoms with Gasteiger partial charge in [0.05, 0.1) is 31.9 Å². The van der Waals surface area contributed by atoms with E-state index in [1.54, 1.807) is 39.3 Å². The summed E-state index contributed by atoms with van der Waals surface area (Å²) < 4.78 is 16.0. The van der Waals surface area contributed by atoms with E-state index in [9.17, 15) is 14.7 Å². The maximum absolute atomic E-state index is 13.2. The predicted octanol–water partition coefficient (Wildman–Crippen LogP) is 3.13. The Balaban J connectivity index is 1.92. The molecule has 2 N–H and O–H groups in total. The molecule has 0 saturated heterocycles. The smallest absolute Gasteiger partial charge is 0.338 e. The number of hydrogen-bond donors (Lipinski definition) is 2. The summed E-state index contributed by atoms with van der Waals surface area (Å²) in [5, 5.41) is 12.5. The standard InChI is InChI=1S/C23H26N2O6/c1-15-20(22(27)31-14-17-6-4-5-7-19(17)30-3)21(16-8-10-18(26)11-9-16)24-23(28)25(15)12-13-29-2/h4-11,21,26H,12-14H2,1-3H3,(H,24,28). The molecule has 1 heterocycles. The molecule has 31 heavy (non-hydrogen) atoms. The molecule has 0 radical (unpaired) electrons. The molecule has 0 aromatic heterocycles. The fourth-order valence-corrected chi connectivity index (χ4v) is 3.46. The van der Waals surface area contributed by atoms with Crippen molar-refractivity contribution in [2.75, 3.05) is 27.4 Å². The highest BCUT2D eigenvalue weighted by atomic mass is 16.5. The molecule has 8 heteroatoms. The SMILES string of the molecule is COCCN1C(=O)NC(c2ccc(O)cc2)C(C(=O)OCc2ccccc2OC)=C1C. The van der Waals surface area contributed by atoms with Crippen LogP contribution < -0.4 is 10.1 Å². The molecular formula is C23H26N2O6. The van der Waals surface area contributed by atoms with Gasteiger partial charge in [-0.05, 0) is 30.7 Å². The lowest BCUT2D eigenvalue weighted by Gasteiger charge is -2.35. The summed E-state index contributed by atoms with van der Waals surface area (Å²) in [7, 11) is 3.10. The number of rotatable bonds is 8. The van der Waals surface area contributed by atoms with Gasteiger partial charge in [0.25, 0.3) is 0 Å². The molecule has 1 unspecified atom stereocenters. The van der Waals surface area contributed by atoms with E-state index in [1.807, 2.05) is 18.2 Å². The molecule has 0 saturated carbocycles. The summed E-state index contributed by atoms with van der Waals surface area (Å²) in [4.78, 5) is 27.3. The van der Waals surface area contributed by atoms with Crippen molar-refractivity contribution in [1.29, 1.82) is 0 Å². The summed E-state index contributed by atoms with van der Waals surface area (Å²) in [6.45, 7) is 2.34. The number of allylic oxidation sites excluding steroid dienone is 1. The highest BCUT2D eigenvalue weighted by molar-refractivity contribution is 5.95. The fourth-order valence-electron chi connectivity index (χ4n) is 3.46. The van der Waals surface area contributed by atoms with E-state index in [4.69, 9.17) is 14.2 Å². The first kappa shape index (κ1) is 22.2. The van der Waals surface area contributed by atoms with Crippen LogP contribution in [0.15, 0.2) is 59.8 Å². The van der Waals surface area contributed by atoms with E-state index in [1.165, 1.54) is 17.0 Å². The second-order valence-corrected chi connectivity index (χ2v) is 7.01. The Morgan fingerprint density at radius 3 is 2.52 bits per heavy atom. The van der Waals surface area contributed by atoms with Crippen LogP contribution >= 0.6 is 0 Å². The second-order valence-electron chi connectivity index (χ2n) is 7.01. The first-order valence-corrected chi connectivity index (χ1v) is 9.82. The van der Waals surface area contributed by atoms with E-state index in [2.05, 4.69) is 5.32 Å². The summed E-state index contributed by atoms with van der Waals surface area (Å²) in [5.41, 5.74) is 2.19. The molecule has 1 aliphatic heterocycles. The van der Waals surface area contributed by atoms with Crippen molar-refractivity contribution in [1.82, 2.24) is 10.2 Å². The van der Waals surface area contributed by atoms with Crippen molar-refractivity contribution >= 4 is 12.0 Å². The maximum Gasteiger partial charge on any atom is 0.338 e. The number of nitrogens with zero attached hydrogens (tertiary/aromatic N) is 1. The monoisotopic (exact) mass is 426 g/mol. The van der Waals surface area contributed by atoms with Crippen LogP contribution in [0, 0.1) is 0 Å². The minimum Gasteiger partial charge on any atom is -0.508 e. The Morgan fingerprint density at radius 2 is 1.84 bits per heavy atom. The number of nitrogens with one attached hydrogen (secondary N) is 1. The zero-order valence-corrected chi connectivity index (χ0v) is 17.8.